The van der Waals surface area contributed by atoms with E-state index in [1.165, 1.54) is 6.92 Å². The van der Waals surface area contributed by atoms with Crippen molar-refractivity contribution < 1.29 is 19.3 Å². The van der Waals surface area contributed by atoms with E-state index < -0.39 is 5.97 Å². The predicted molar refractivity (Wildman–Crippen MR) is 49.0 cm³/mol. The third-order valence-electron chi connectivity index (χ3n) is 1.94. The summed E-state index contributed by atoms with van der Waals surface area (Å²) in [5.41, 5.74) is 1.00. The zero-order valence-electron chi connectivity index (χ0n) is 8.15. The van der Waals surface area contributed by atoms with E-state index in [2.05, 4.69) is 0 Å². The lowest BCUT2D eigenvalue weighted by Gasteiger charge is -2.01. The molecule has 0 bridgehead atoms. The molecule has 0 saturated carbocycles. The van der Waals surface area contributed by atoms with Gasteiger partial charge in [-0.2, -0.15) is 4.57 Å². The molecule has 0 spiro atoms. The van der Waals surface area contributed by atoms with Gasteiger partial charge >= 0.3 is 5.97 Å². The number of carboxylic acids is 1. The lowest BCUT2D eigenvalue weighted by Crippen LogP contribution is -2.36. The number of aryl methyl sites for hydroxylation is 1. The van der Waals surface area contributed by atoms with E-state index in [0.717, 1.165) is 0 Å². The minimum Gasteiger partial charge on any atom is -0.481 e. The summed E-state index contributed by atoms with van der Waals surface area (Å²) >= 11 is 0. The Labute approximate surface area is 81.8 Å². The SMILES string of the molecule is CC(=O)c1c(CC(=O)O)ccc[n+]1C. The minimum absolute atomic E-state index is 0.121. The number of aliphatic carboxylic acids is 1. The van der Waals surface area contributed by atoms with Crippen LogP contribution in [0.1, 0.15) is 23.0 Å². The minimum atomic E-state index is -0.932. The van der Waals surface area contributed by atoms with E-state index in [1.807, 2.05) is 0 Å². The molecular weight excluding hydrogens is 182 g/mol. The standard InChI is InChI=1S/C10H11NO3/c1-7(12)10-8(6-9(13)14)4-3-5-11(10)2/h3-5H,6H2,1-2H3/p+1. The number of aromatic nitrogens is 1. The molecule has 4 heteroatoms. The third-order valence-corrected chi connectivity index (χ3v) is 1.94. The van der Waals surface area contributed by atoms with Gasteiger partial charge in [0.15, 0.2) is 6.20 Å². The van der Waals surface area contributed by atoms with Crippen LogP contribution in [0.2, 0.25) is 0 Å². The quantitative estimate of drug-likeness (QED) is 0.557. The normalized spacial score (nSPS) is 9.86. The Balaban J connectivity index is 3.21. The maximum atomic E-state index is 11.3. The van der Waals surface area contributed by atoms with Gasteiger partial charge in [-0.1, -0.05) is 0 Å². The Morgan fingerprint density at radius 3 is 2.64 bits per heavy atom. The predicted octanol–water partition coefficient (Wildman–Crippen LogP) is 0.341. The average Bonchev–Trinajstić information content (AvgIpc) is 2.01. The second-order valence-corrected chi connectivity index (χ2v) is 3.12. The van der Waals surface area contributed by atoms with Crippen molar-refractivity contribution in [3.8, 4) is 0 Å². The highest BCUT2D eigenvalue weighted by atomic mass is 16.4. The molecule has 1 aromatic heterocycles. The molecular formula is C10H12NO3+. The number of carbonyl (C=O) groups excluding carboxylic acids is 1. The summed E-state index contributed by atoms with van der Waals surface area (Å²) in [5.74, 6) is -1.05. The number of carbonyl (C=O) groups is 2. The number of nitrogens with zero attached hydrogens (tertiary/aromatic N) is 1. The molecule has 0 saturated heterocycles. The molecule has 1 heterocycles. The lowest BCUT2D eigenvalue weighted by molar-refractivity contribution is -0.673. The van der Waals surface area contributed by atoms with Crippen molar-refractivity contribution in [3.63, 3.8) is 0 Å². The van der Waals surface area contributed by atoms with Crippen LogP contribution in [0.5, 0.6) is 0 Å². The van der Waals surface area contributed by atoms with Crippen molar-refractivity contribution in [2.75, 3.05) is 0 Å². The maximum Gasteiger partial charge on any atom is 0.308 e. The Bertz CT molecular complexity index is 385. The first-order valence-corrected chi connectivity index (χ1v) is 4.22. The van der Waals surface area contributed by atoms with Crippen molar-refractivity contribution in [2.24, 2.45) is 7.05 Å². The van der Waals surface area contributed by atoms with Crippen molar-refractivity contribution in [1.29, 1.82) is 0 Å². The number of hydrogen-bond acceptors (Lipinski definition) is 2. The average molecular weight is 194 g/mol. The molecule has 0 fully saturated rings. The first kappa shape index (κ1) is 10.4. The van der Waals surface area contributed by atoms with Crippen molar-refractivity contribution in [1.82, 2.24) is 0 Å². The van der Waals surface area contributed by atoms with E-state index in [9.17, 15) is 9.59 Å². The number of Topliss-reactive ketones (excluding diaryl/α,β-unsaturated/α-hetero) is 1. The topological polar surface area (TPSA) is 58.3 Å². The second kappa shape index (κ2) is 4.00. The van der Waals surface area contributed by atoms with Gasteiger partial charge in [-0.25, -0.2) is 0 Å². The van der Waals surface area contributed by atoms with Crippen LogP contribution in [-0.4, -0.2) is 16.9 Å². The fourth-order valence-corrected chi connectivity index (χ4v) is 1.45. The molecule has 0 aliphatic rings. The van der Waals surface area contributed by atoms with E-state index in [-0.39, 0.29) is 12.2 Å². The van der Waals surface area contributed by atoms with Crippen LogP contribution in [0, 0.1) is 0 Å². The van der Waals surface area contributed by atoms with Gasteiger partial charge < -0.3 is 5.11 Å². The van der Waals surface area contributed by atoms with E-state index in [4.69, 9.17) is 5.11 Å². The molecule has 0 atom stereocenters. The van der Waals surface area contributed by atoms with Gasteiger partial charge in [0.2, 0.25) is 5.78 Å². The molecule has 1 N–H and O–H groups in total. The molecule has 14 heavy (non-hydrogen) atoms. The molecule has 4 nitrogen and oxygen atoms in total. The van der Waals surface area contributed by atoms with Crippen LogP contribution in [-0.2, 0) is 18.3 Å². The highest BCUT2D eigenvalue weighted by molar-refractivity contribution is 5.93. The third kappa shape index (κ3) is 2.16. The fourth-order valence-electron chi connectivity index (χ4n) is 1.45. The van der Waals surface area contributed by atoms with Crippen LogP contribution in [0.4, 0.5) is 0 Å². The number of hydrogen-bond donors (Lipinski definition) is 1. The fraction of sp³-hybridized carbons (Fsp3) is 0.300. The summed E-state index contributed by atoms with van der Waals surface area (Å²) in [6, 6.07) is 3.38. The van der Waals surface area contributed by atoms with Gasteiger partial charge in [0.25, 0.3) is 5.69 Å². The van der Waals surface area contributed by atoms with Crippen molar-refractivity contribution in [2.45, 2.75) is 13.3 Å². The highest BCUT2D eigenvalue weighted by Crippen LogP contribution is 2.05. The summed E-state index contributed by atoms with van der Waals surface area (Å²) in [4.78, 5) is 21.8. The molecule has 0 amide bonds. The summed E-state index contributed by atoms with van der Waals surface area (Å²) in [5, 5.41) is 8.64. The van der Waals surface area contributed by atoms with Gasteiger partial charge in [-0.05, 0) is 6.07 Å². The molecule has 1 aromatic rings. The Hall–Kier alpha value is -1.71. The summed E-state index contributed by atoms with van der Waals surface area (Å²) in [6.45, 7) is 1.43. The van der Waals surface area contributed by atoms with Crippen LogP contribution in [0.3, 0.4) is 0 Å². The van der Waals surface area contributed by atoms with Crippen LogP contribution < -0.4 is 4.57 Å². The van der Waals surface area contributed by atoms with E-state index in [1.54, 1.807) is 29.9 Å². The maximum absolute atomic E-state index is 11.3. The molecule has 1 rings (SSSR count). The van der Waals surface area contributed by atoms with Crippen molar-refractivity contribution >= 4 is 11.8 Å². The molecule has 0 unspecified atom stereocenters. The van der Waals surface area contributed by atoms with Gasteiger partial charge in [0.05, 0.1) is 6.42 Å². The second-order valence-electron chi connectivity index (χ2n) is 3.12. The van der Waals surface area contributed by atoms with Crippen molar-refractivity contribution in [3.05, 3.63) is 29.6 Å². The summed E-state index contributed by atoms with van der Waals surface area (Å²) in [7, 11) is 1.72. The number of pyridine rings is 1. The van der Waals surface area contributed by atoms with E-state index in [0.29, 0.717) is 11.3 Å². The monoisotopic (exact) mass is 194 g/mol. The molecule has 74 valence electrons. The van der Waals surface area contributed by atoms with Crippen LogP contribution in [0.25, 0.3) is 0 Å². The molecule has 0 aromatic carbocycles. The molecule has 0 radical (unpaired) electrons. The number of ketones is 1. The van der Waals surface area contributed by atoms with Gasteiger partial charge in [0, 0.05) is 18.6 Å². The van der Waals surface area contributed by atoms with Crippen LogP contribution in [0.15, 0.2) is 18.3 Å². The zero-order valence-corrected chi connectivity index (χ0v) is 8.15. The molecule has 0 aliphatic heterocycles. The van der Waals surface area contributed by atoms with Gasteiger partial charge in [-0.3, -0.25) is 9.59 Å². The summed E-state index contributed by atoms with van der Waals surface area (Å²) in [6.07, 6.45) is 1.60. The zero-order chi connectivity index (χ0) is 10.7. The largest absolute Gasteiger partial charge is 0.481 e. The lowest BCUT2D eigenvalue weighted by atomic mass is 10.1. The first-order chi connectivity index (χ1) is 6.52. The smallest absolute Gasteiger partial charge is 0.308 e. The Morgan fingerprint density at radius 2 is 2.14 bits per heavy atom. The highest BCUT2D eigenvalue weighted by Gasteiger charge is 2.19. The Morgan fingerprint density at radius 1 is 1.50 bits per heavy atom. The Kier molecular flexibility index (Phi) is 2.96. The molecule has 0 aliphatic carbocycles. The first-order valence-electron chi connectivity index (χ1n) is 4.22. The number of rotatable bonds is 3. The summed E-state index contributed by atoms with van der Waals surface area (Å²) < 4.78 is 1.64. The van der Waals surface area contributed by atoms with E-state index >= 15 is 0 Å². The number of carboxylic acid groups (broad SMARTS) is 1. The van der Waals surface area contributed by atoms with Gasteiger partial charge in [0.1, 0.15) is 7.05 Å². The van der Waals surface area contributed by atoms with Gasteiger partial charge in [-0.15, -0.1) is 0 Å². The van der Waals surface area contributed by atoms with Crippen LogP contribution >= 0.6 is 0 Å².